The lowest BCUT2D eigenvalue weighted by atomic mass is 10.0. The van der Waals surface area contributed by atoms with Gasteiger partial charge < -0.3 is 4.57 Å². The summed E-state index contributed by atoms with van der Waals surface area (Å²) < 4.78 is 2.07. The van der Waals surface area contributed by atoms with E-state index in [0.29, 0.717) is 18.0 Å². The highest BCUT2D eigenvalue weighted by Gasteiger charge is 2.35. The van der Waals surface area contributed by atoms with Crippen LogP contribution in [0.5, 0.6) is 0 Å². The molecule has 27 heavy (non-hydrogen) atoms. The Kier molecular flexibility index (Phi) is 5.32. The number of piperidine rings is 1. The number of rotatable bonds is 4. The van der Waals surface area contributed by atoms with Crippen LogP contribution in [0.25, 0.3) is 0 Å². The zero-order valence-electron chi connectivity index (χ0n) is 15.6. The highest BCUT2D eigenvalue weighted by atomic mass is 35.5. The van der Waals surface area contributed by atoms with Gasteiger partial charge in [0.1, 0.15) is 6.04 Å². The van der Waals surface area contributed by atoms with Crippen LogP contribution in [0, 0.1) is 0 Å². The second-order valence-electron chi connectivity index (χ2n) is 7.37. The van der Waals surface area contributed by atoms with Gasteiger partial charge in [0.05, 0.1) is 12.3 Å². The van der Waals surface area contributed by atoms with E-state index in [1.54, 1.807) is 5.01 Å². The van der Waals surface area contributed by atoms with E-state index in [1.165, 1.54) is 19.3 Å². The fourth-order valence-electron chi connectivity index (χ4n) is 4.03. The second kappa shape index (κ2) is 7.87. The smallest absolute Gasteiger partial charge is 0.257 e. The first-order valence-electron chi connectivity index (χ1n) is 9.61. The number of aryl methyl sites for hydroxylation is 1. The summed E-state index contributed by atoms with van der Waals surface area (Å²) in [4.78, 5) is 15.4. The first-order valence-corrected chi connectivity index (χ1v) is 9.99. The predicted molar refractivity (Wildman–Crippen MR) is 108 cm³/mol. The number of benzene rings is 1. The van der Waals surface area contributed by atoms with E-state index in [9.17, 15) is 4.79 Å². The zero-order valence-corrected chi connectivity index (χ0v) is 16.4. The molecule has 4 rings (SSSR count). The van der Waals surface area contributed by atoms with E-state index in [4.69, 9.17) is 16.7 Å². The zero-order chi connectivity index (χ0) is 18.8. The standard InChI is InChI=1S/C21H25ClN4O/c1-24-11-7-10-19(24)20-14-18(16-8-3-4-9-17(16)22)23-26(20)21(27)15-25-12-5-2-6-13-25/h3-4,7-11,20H,2,5-6,12-15H2,1H3. The Balaban J connectivity index is 1.62. The number of halogens is 1. The number of aromatic nitrogens is 1. The molecule has 142 valence electrons. The van der Waals surface area contributed by atoms with E-state index in [-0.39, 0.29) is 11.9 Å². The van der Waals surface area contributed by atoms with Crippen molar-refractivity contribution in [3.63, 3.8) is 0 Å². The van der Waals surface area contributed by atoms with Gasteiger partial charge in [0.25, 0.3) is 5.91 Å². The average molecular weight is 385 g/mol. The first kappa shape index (κ1) is 18.3. The number of hydrogen-bond donors (Lipinski definition) is 0. The molecule has 5 nitrogen and oxygen atoms in total. The molecule has 1 aromatic carbocycles. The van der Waals surface area contributed by atoms with Crippen LogP contribution >= 0.6 is 11.6 Å². The van der Waals surface area contributed by atoms with Gasteiger partial charge in [-0.1, -0.05) is 36.2 Å². The van der Waals surface area contributed by atoms with E-state index < -0.39 is 0 Å². The van der Waals surface area contributed by atoms with Crippen molar-refractivity contribution in [3.05, 3.63) is 58.9 Å². The number of amides is 1. The molecule has 6 heteroatoms. The van der Waals surface area contributed by atoms with Crippen LogP contribution in [-0.2, 0) is 11.8 Å². The van der Waals surface area contributed by atoms with Crippen LogP contribution in [0.15, 0.2) is 47.7 Å². The van der Waals surface area contributed by atoms with E-state index in [2.05, 4.69) is 15.5 Å². The number of hydrogen-bond acceptors (Lipinski definition) is 3. The van der Waals surface area contributed by atoms with Crippen molar-refractivity contribution in [2.75, 3.05) is 19.6 Å². The van der Waals surface area contributed by atoms with Gasteiger partial charge in [-0.25, -0.2) is 5.01 Å². The van der Waals surface area contributed by atoms with Gasteiger partial charge in [0.2, 0.25) is 0 Å². The number of hydrazone groups is 1. The maximum absolute atomic E-state index is 13.1. The molecule has 1 unspecified atom stereocenters. The molecule has 1 atom stereocenters. The normalized spacial score (nSPS) is 20.7. The monoisotopic (exact) mass is 384 g/mol. The quantitative estimate of drug-likeness (QED) is 0.803. The Hall–Kier alpha value is -2.11. The van der Waals surface area contributed by atoms with E-state index >= 15 is 0 Å². The minimum Gasteiger partial charge on any atom is -0.353 e. The highest BCUT2D eigenvalue weighted by molar-refractivity contribution is 6.34. The number of carbonyl (C=O) groups excluding carboxylic acids is 1. The van der Waals surface area contributed by atoms with Gasteiger partial charge in [0, 0.05) is 35.9 Å². The lowest BCUT2D eigenvalue weighted by Gasteiger charge is -2.29. The third kappa shape index (κ3) is 3.80. The molecule has 3 heterocycles. The average Bonchev–Trinajstić information content (AvgIpc) is 3.29. The molecule has 0 radical (unpaired) electrons. The Labute approximate surface area is 165 Å². The fourth-order valence-corrected chi connectivity index (χ4v) is 4.28. The minimum absolute atomic E-state index is 0.0603. The third-order valence-corrected chi connectivity index (χ3v) is 5.81. The van der Waals surface area contributed by atoms with Crippen molar-refractivity contribution in [1.29, 1.82) is 0 Å². The Morgan fingerprint density at radius 1 is 1.15 bits per heavy atom. The lowest BCUT2D eigenvalue weighted by molar-refractivity contribution is -0.134. The Morgan fingerprint density at radius 2 is 1.93 bits per heavy atom. The summed E-state index contributed by atoms with van der Waals surface area (Å²) in [6.45, 7) is 2.42. The van der Waals surface area contributed by atoms with Gasteiger partial charge in [-0.2, -0.15) is 5.10 Å². The highest BCUT2D eigenvalue weighted by Crippen LogP contribution is 2.34. The predicted octanol–water partition coefficient (Wildman–Crippen LogP) is 3.84. The van der Waals surface area contributed by atoms with Crippen LogP contribution in [-0.4, -0.2) is 45.7 Å². The van der Waals surface area contributed by atoms with E-state index in [0.717, 1.165) is 30.1 Å². The SMILES string of the molecule is Cn1cccc1C1CC(c2ccccc2Cl)=NN1C(=O)CN1CCCCC1. The molecule has 2 aliphatic heterocycles. The fraction of sp³-hybridized carbons (Fsp3) is 0.429. The Bertz CT molecular complexity index is 853. The second-order valence-corrected chi connectivity index (χ2v) is 7.77. The topological polar surface area (TPSA) is 40.8 Å². The summed E-state index contributed by atoms with van der Waals surface area (Å²) in [6.07, 6.45) is 6.28. The lowest BCUT2D eigenvalue weighted by Crippen LogP contribution is -2.40. The minimum atomic E-state index is -0.0893. The van der Waals surface area contributed by atoms with Crippen LogP contribution in [0.4, 0.5) is 0 Å². The molecule has 1 fully saturated rings. The van der Waals surface area contributed by atoms with Gasteiger partial charge in [-0.15, -0.1) is 0 Å². The summed E-state index contributed by atoms with van der Waals surface area (Å²) in [6, 6.07) is 11.7. The summed E-state index contributed by atoms with van der Waals surface area (Å²) >= 11 is 6.39. The molecule has 2 aromatic rings. The van der Waals surface area contributed by atoms with Crippen molar-refractivity contribution in [1.82, 2.24) is 14.5 Å². The van der Waals surface area contributed by atoms with Gasteiger partial charge >= 0.3 is 0 Å². The molecule has 1 aromatic heterocycles. The Morgan fingerprint density at radius 3 is 2.63 bits per heavy atom. The largest absolute Gasteiger partial charge is 0.353 e. The maximum Gasteiger partial charge on any atom is 0.257 e. The van der Waals surface area contributed by atoms with Crippen LogP contribution in [0.3, 0.4) is 0 Å². The summed E-state index contributed by atoms with van der Waals surface area (Å²) in [7, 11) is 2.01. The molecular formula is C21H25ClN4O. The molecule has 0 bridgehead atoms. The van der Waals surface area contributed by atoms with Crippen LogP contribution in [0.1, 0.15) is 43.0 Å². The first-order chi connectivity index (χ1) is 13.1. The molecule has 2 aliphatic rings. The summed E-state index contributed by atoms with van der Waals surface area (Å²) in [5.41, 5.74) is 2.87. The maximum atomic E-state index is 13.1. The van der Waals surface area contributed by atoms with Crippen molar-refractivity contribution in [2.45, 2.75) is 31.7 Å². The van der Waals surface area contributed by atoms with Crippen molar-refractivity contribution < 1.29 is 4.79 Å². The molecule has 1 saturated heterocycles. The number of likely N-dealkylation sites (tertiary alicyclic amines) is 1. The third-order valence-electron chi connectivity index (χ3n) is 5.48. The van der Waals surface area contributed by atoms with Gasteiger partial charge in [-0.3, -0.25) is 9.69 Å². The van der Waals surface area contributed by atoms with Crippen LogP contribution < -0.4 is 0 Å². The molecule has 0 saturated carbocycles. The molecule has 0 spiro atoms. The van der Waals surface area contributed by atoms with Crippen LogP contribution in [0.2, 0.25) is 5.02 Å². The van der Waals surface area contributed by atoms with E-state index in [1.807, 2.05) is 43.6 Å². The van der Waals surface area contributed by atoms with Crippen molar-refractivity contribution in [3.8, 4) is 0 Å². The number of carbonyl (C=O) groups is 1. The molecule has 0 aliphatic carbocycles. The van der Waals surface area contributed by atoms with Crippen molar-refractivity contribution >= 4 is 23.2 Å². The molecule has 1 amide bonds. The number of nitrogens with zero attached hydrogens (tertiary/aromatic N) is 4. The molecule has 0 N–H and O–H groups in total. The van der Waals surface area contributed by atoms with Gasteiger partial charge in [0.15, 0.2) is 0 Å². The van der Waals surface area contributed by atoms with Gasteiger partial charge in [-0.05, 0) is 44.1 Å². The van der Waals surface area contributed by atoms with Crippen molar-refractivity contribution in [2.24, 2.45) is 12.1 Å². The summed E-state index contributed by atoms with van der Waals surface area (Å²) in [5, 5.41) is 7.10. The summed E-state index contributed by atoms with van der Waals surface area (Å²) in [5.74, 6) is 0.0603. The molecular weight excluding hydrogens is 360 g/mol.